The summed E-state index contributed by atoms with van der Waals surface area (Å²) >= 11 is 0. The molecule has 88 valence electrons. The first kappa shape index (κ1) is 10.5. The van der Waals surface area contributed by atoms with Gasteiger partial charge in [-0.05, 0) is 25.5 Å². The molecule has 3 rings (SSSR count). The second-order valence-corrected chi connectivity index (χ2v) is 4.63. The van der Waals surface area contributed by atoms with Crippen molar-refractivity contribution in [2.24, 2.45) is 0 Å². The summed E-state index contributed by atoms with van der Waals surface area (Å²) in [6.07, 6.45) is 0. The van der Waals surface area contributed by atoms with E-state index in [4.69, 9.17) is 4.42 Å². The molecule has 1 aromatic heterocycles. The van der Waals surface area contributed by atoms with Crippen molar-refractivity contribution in [2.75, 3.05) is 13.1 Å². The summed E-state index contributed by atoms with van der Waals surface area (Å²) in [4.78, 5) is 4.66. The van der Waals surface area contributed by atoms with Gasteiger partial charge in [0.15, 0.2) is 0 Å². The first-order valence-corrected chi connectivity index (χ1v) is 6.00. The van der Waals surface area contributed by atoms with Crippen LogP contribution in [0.2, 0.25) is 0 Å². The van der Waals surface area contributed by atoms with Crippen molar-refractivity contribution in [2.45, 2.75) is 19.8 Å². The smallest absolute Gasteiger partial charge is 0.226 e. The monoisotopic (exact) mass is 228 g/mol. The number of nitrogens with one attached hydrogen (secondary N) is 1. The molecule has 0 bridgehead atoms. The van der Waals surface area contributed by atoms with Gasteiger partial charge < -0.3 is 9.73 Å². The largest absolute Gasteiger partial charge is 0.441 e. The Balaban J connectivity index is 2.01. The van der Waals surface area contributed by atoms with Gasteiger partial charge in [-0.2, -0.15) is 0 Å². The number of hydrogen-bond donors (Lipinski definition) is 1. The predicted octanol–water partition coefficient (Wildman–Crippen LogP) is 2.65. The third-order valence-corrected chi connectivity index (χ3v) is 3.38. The first-order chi connectivity index (χ1) is 8.25. The van der Waals surface area contributed by atoms with Crippen molar-refractivity contribution >= 4 is 0 Å². The van der Waals surface area contributed by atoms with Gasteiger partial charge in [-0.1, -0.05) is 18.2 Å². The maximum atomic E-state index is 5.80. The molecule has 0 atom stereocenters. The number of hydrogen-bond acceptors (Lipinski definition) is 3. The van der Waals surface area contributed by atoms with E-state index >= 15 is 0 Å². The van der Waals surface area contributed by atoms with Gasteiger partial charge in [0.2, 0.25) is 5.89 Å². The summed E-state index contributed by atoms with van der Waals surface area (Å²) in [6, 6.07) is 8.20. The quantitative estimate of drug-likeness (QED) is 0.858. The maximum Gasteiger partial charge on any atom is 0.226 e. The lowest BCUT2D eigenvalue weighted by atomic mass is 9.98. The summed E-state index contributed by atoms with van der Waals surface area (Å²) < 4.78 is 5.80. The molecule has 1 aromatic carbocycles. The van der Waals surface area contributed by atoms with Gasteiger partial charge in [0.05, 0.1) is 5.69 Å². The zero-order chi connectivity index (χ0) is 11.8. The highest BCUT2D eigenvalue weighted by atomic mass is 16.4. The molecule has 0 unspecified atom stereocenters. The Hall–Kier alpha value is -1.61. The van der Waals surface area contributed by atoms with E-state index < -0.39 is 0 Å². The molecule has 2 heterocycles. The molecule has 2 aromatic rings. The van der Waals surface area contributed by atoms with Gasteiger partial charge in [0.1, 0.15) is 5.76 Å². The van der Waals surface area contributed by atoms with E-state index in [1.807, 2.05) is 19.1 Å². The summed E-state index contributed by atoms with van der Waals surface area (Å²) in [7, 11) is 0. The highest BCUT2D eigenvalue weighted by Crippen LogP contribution is 2.29. The highest BCUT2D eigenvalue weighted by molar-refractivity contribution is 5.58. The third-order valence-electron chi connectivity index (χ3n) is 3.38. The maximum absolute atomic E-state index is 5.80. The summed E-state index contributed by atoms with van der Waals surface area (Å²) in [6.45, 7) is 6.11. The molecular weight excluding hydrogens is 212 g/mol. The van der Waals surface area contributed by atoms with E-state index in [1.54, 1.807) is 0 Å². The fourth-order valence-electron chi connectivity index (χ4n) is 2.20. The Labute approximate surface area is 101 Å². The van der Waals surface area contributed by atoms with Crippen molar-refractivity contribution in [1.29, 1.82) is 0 Å². The van der Waals surface area contributed by atoms with E-state index in [1.165, 1.54) is 5.56 Å². The van der Waals surface area contributed by atoms with Crippen LogP contribution in [0.15, 0.2) is 28.7 Å². The lowest BCUT2D eigenvalue weighted by Gasteiger charge is -2.25. The third kappa shape index (κ3) is 1.76. The molecule has 0 radical (unpaired) electrons. The lowest BCUT2D eigenvalue weighted by molar-refractivity contribution is 0.433. The average Bonchev–Trinajstić information content (AvgIpc) is 2.59. The van der Waals surface area contributed by atoms with E-state index in [2.05, 4.69) is 29.4 Å². The van der Waals surface area contributed by atoms with Gasteiger partial charge in [-0.3, -0.25) is 0 Å². The molecule has 0 amide bonds. The van der Waals surface area contributed by atoms with Crippen LogP contribution in [0.1, 0.15) is 22.9 Å². The molecule has 0 spiro atoms. The Morgan fingerprint density at radius 3 is 2.65 bits per heavy atom. The molecule has 3 nitrogen and oxygen atoms in total. The number of rotatable bonds is 2. The molecule has 1 aliphatic rings. The van der Waals surface area contributed by atoms with Crippen molar-refractivity contribution in [1.82, 2.24) is 10.3 Å². The predicted molar refractivity (Wildman–Crippen MR) is 67.0 cm³/mol. The van der Waals surface area contributed by atoms with E-state index in [0.29, 0.717) is 5.92 Å². The van der Waals surface area contributed by atoms with Crippen molar-refractivity contribution in [3.05, 3.63) is 41.3 Å². The fraction of sp³-hybridized carbons (Fsp3) is 0.357. The SMILES string of the molecule is Cc1ccccc1-c1nc(C2CNC2)c(C)o1. The zero-order valence-corrected chi connectivity index (χ0v) is 10.2. The van der Waals surface area contributed by atoms with Crippen LogP contribution in [0, 0.1) is 13.8 Å². The standard InChI is InChI=1S/C14H16N2O/c1-9-5-3-4-6-12(9)14-16-13(10(2)17-14)11-7-15-8-11/h3-6,11,15H,7-8H2,1-2H3. The second kappa shape index (κ2) is 4.00. The van der Waals surface area contributed by atoms with Gasteiger partial charge in [0.25, 0.3) is 0 Å². The second-order valence-electron chi connectivity index (χ2n) is 4.63. The minimum atomic E-state index is 0.525. The van der Waals surface area contributed by atoms with Gasteiger partial charge in [0, 0.05) is 24.6 Å². The highest BCUT2D eigenvalue weighted by Gasteiger charge is 2.25. The Bertz CT molecular complexity index is 541. The molecule has 1 aliphatic heterocycles. The van der Waals surface area contributed by atoms with Gasteiger partial charge in [-0.25, -0.2) is 4.98 Å². The minimum absolute atomic E-state index is 0.525. The molecule has 0 saturated carbocycles. The van der Waals surface area contributed by atoms with E-state index in [-0.39, 0.29) is 0 Å². The Kier molecular flexibility index (Phi) is 2.48. The van der Waals surface area contributed by atoms with Crippen LogP contribution in [0.25, 0.3) is 11.5 Å². The van der Waals surface area contributed by atoms with E-state index in [9.17, 15) is 0 Å². The molecule has 1 fully saturated rings. The summed E-state index contributed by atoms with van der Waals surface area (Å²) in [5.74, 6) is 2.23. The molecule has 1 saturated heterocycles. The average molecular weight is 228 g/mol. The number of benzene rings is 1. The van der Waals surface area contributed by atoms with Crippen LogP contribution < -0.4 is 5.32 Å². The first-order valence-electron chi connectivity index (χ1n) is 6.00. The summed E-state index contributed by atoms with van der Waals surface area (Å²) in [5.41, 5.74) is 3.41. The van der Waals surface area contributed by atoms with Crippen LogP contribution in [0.4, 0.5) is 0 Å². The minimum Gasteiger partial charge on any atom is -0.441 e. The zero-order valence-electron chi connectivity index (χ0n) is 10.2. The Morgan fingerprint density at radius 1 is 1.24 bits per heavy atom. The summed E-state index contributed by atoms with van der Waals surface area (Å²) in [5, 5.41) is 3.27. The van der Waals surface area contributed by atoms with Crippen LogP contribution in [0.3, 0.4) is 0 Å². The topological polar surface area (TPSA) is 38.1 Å². The van der Waals surface area contributed by atoms with Crippen LogP contribution in [-0.4, -0.2) is 18.1 Å². The van der Waals surface area contributed by atoms with Crippen LogP contribution >= 0.6 is 0 Å². The molecule has 1 N–H and O–H groups in total. The number of oxazole rings is 1. The Morgan fingerprint density at radius 2 is 2.00 bits per heavy atom. The molecular formula is C14H16N2O. The van der Waals surface area contributed by atoms with Crippen molar-refractivity contribution in [3.63, 3.8) is 0 Å². The molecule has 0 aliphatic carbocycles. The van der Waals surface area contributed by atoms with E-state index in [0.717, 1.165) is 36.0 Å². The van der Waals surface area contributed by atoms with Gasteiger partial charge in [-0.15, -0.1) is 0 Å². The molecule has 3 heteroatoms. The lowest BCUT2D eigenvalue weighted by Crippen LogP contribution is -2.40. The fourth-order valence-corrected chi connectivity index (χ4v) is 2.20. The van der Waals surface area contributed by atoms with Crippen LogP contribution in [0.5, 0.6) is 0 Å². The van der Waals surface area contributed by atoms with Gasteiger partial charge >= 0.3 is 0 Å². The van der Waals surface area contributed by atoms with Crippen molar-refractivity contribution in [3.8, 4) is 11.5 Å². The molecule has 17 heavy (non-hydrogen) atoms. The number of nitrogens with zero attached hydrogens (tertiary/aromatic N) is 1. The van der Waals surface area contributed by atoms with Crippen LogP contribution in [-0.2, 0) is 0 Å². The number of aryl methyl sites for hydroxylation is 2. The number of aromatic nitrogens is 1. The normalized spacial score (nSPS) is 15.9. The van der Waals surface area contributed by atoms with Crippen molar-refractivity contribution < 1.29 is 4.42 Å².